The fourth-order valence-electron chi connectivity index (χ4n) is 2.99. The maximum atomic E-state index is 13.7. The minimum atomic E-state index is -0.670. The number of aromatic nitrogens is 3. The van der Waals surface area contributed by atoms with E-state index in [1.54, 1.807) is 22.7 Å². The standard InChI is InChI=1S/C17H20F2N4O2/c1-11(24)16-10-23(21-20-16)14-4-6-22(7-5-14)17(25)9-12-8-13(18)2-3-15(12)19/h2-3,8,10-11,14,24H,4-7,9H2,1H3/t11-/m0/s1. The predicted molar refractivity (Wildman–Crippen MR) is 85.6 cm³/mol. The molecule has 134 valence electrons. The van der Waals surface area contributed by atoms with Crippen LogP contribution in [0.25, 0.3) is 0 Å². The molecule has 0 spiro atoms. The first kappa shape index (κ1) is 17.5. The van der Waals surface area contributed by atoms with Gasteiger partial charge >= 0.3 is 0 Å². The fourth-order valence-corrected chi connectivity index (χ4v) is 2.99. The summed E-state index contributed by atoms with van der Waals surface area (Å²) in [5.74, 6) is -1.34. The second-order valence-electron chi connectivity index (χ2n) is 6.32. The number of hydrogen-bond acceptors (Lipinski definition) is 4. The summed E-state index contributed by atoms with van der Waals surface area (Å²) in [5, 5.41) is 17.5. The number of rotatable bonds is 4. The zero-order valence-electron chi connectivity index (χ0n) is 13.9. The van der Waals surface area contributed by atoms with E-state index in [0.29, 0.717) is 31.6 Å². The van der Waals surface area contributed by atoms with Gasteiger partial charge in [0.15, 0.2) is 0 Å². The van der Waals surface area contributed by atoms with Crippen molar-refractivity contribution in [3.05, 3.63) is 47.3 Å². The Labute approximate surface area is 144 Å². The van der Waals surface area contributed by atoms with Crippen LogP contribution in [0.4, 0.5) is 8.78 Å². The number of halogens is 2. The molecule has 0 unspecified atom stereocenters. The van der Waals surface area contributed by atoms with Gasteiger partial charge < -0.3 is 10.0 Å². The van der Waals surface area contributed by atoms with Gasteiger partial charge in [0.2, 0.25) is 5.91 Å². The van der Waals surface area contributed by atoms with Gasteiger partial charge in [-0.2, -0.15) is 0 Å². The average molecular weight is 350 g/mol. The molecule has 25 heavy (non-hydrogen) atoms. The maximum absolute atomic E-state index is 13.7. The lowest BCUT2D eigenvalue weighted by atomic mass is 10.0. The quantitative estimate of drug-likeness (QED) is 0.916. The van der Waals surface area contributed by atoms with Crippen molar-refractivity contribution >= 4 is 5.91 Å². The number of carbonyl (C=O) groups excluding carboxylic acids is 1. The van der Waals surface area contributed by atoms with Crippen LogP contribution in [0.2, 0.25) is 0 Å². The first-order valence-corrected chi connectivity index (χ1v) is 8.25. The highest BCUT2D eigenvalue weighted by molar-refractivity contribution is 5.78. The van der Waals surface area contributed by atoms with E-state index in [4.69, 9.17) is 0 Å². The van der Waals surface area contributed by atoms with Gasteiger partial charge in [-0.25, -0.2) is 13.5 Å². The molecule has 2 heterocycles. The van der Waals surface area contributed by atoms with Crippen LogP contribution in [0.5, 0.6) is 0 Å². The number of hydrogen-bond donors (Lipinski definition) is 1. The van der Waals surface area contributed by atoms with Crippen molar-refractivity contribution in [3.8, 4) is 0 Å². The van der Waals surface area contributed by atoms with Crippen LogP contribution in [0.1, 0.15) is 43.2 Å². The van der Waals surface area contributed by atoms with Gasteiger partial charge in [0, 0.05) is 18.7 Å². The predicted octanol–water partition coefficient (Wildman–Crippen LogP) is 2.02. The summed E-state index contributed by atoms with van der Waals surface area (Å²) in [4.78, 5) is 14.0. The summed E-state index contributed by atoms with van der Waals surface area (Å²) in [6, 6.07) is 3.24. The molecule has 1 aromatic heterocycles. The summed E-state index contributed by atoms with van der Waals surface area (Å²) < 4.78 is 28.6. The molecule has 1 aliphatic heterocycles. The number of piperidine rings is 1. The zero-order chi connectivity index (χ0) is 18.0. The third-order valence-corrected chi connectivity index (χ3v) is 4.50. The number of carbonyl (C=O) groups is 1. The van der Waals surface area contributed by atoms with Gasteiger partial charge in [0.1, 0.15) is 17.3 Å². The van der Waals surface area contributed by atoms with Gasteiger partial charge in [-0.3, -0.25) is 4.79 Å². The van der Waals surface area contributed by atoms with Crippen LogP contribution in [-0.2, 0) is 11.2 Å². The Hall–Kier alpha value is -2.35. The van der Waals surface area contributed by atoms with E-state index in [-0.39, 0.29) is 23.9 Å². The maximum Gasteiger partial charge on any atom is 0.227 e. The van der Waals surface area contributed by atoms with E-state index in [2.05, 4.69) is 10.3 Å². The smallest absolute Gasteiger partial charge is 0.227 e. The summed E-state index contributed by atoms with van der Waals surface area (Å²) in [7, 11) is 0. The molecule has 6 nitrogen and oxygen atoms in total. The number of aliphatic hydroxyl groups excluding tert-OH is 1. The Morgan fingerprint density at radius 1 is 1.36 bits per heavy atom. The van der Waals surface area contributed by atoms with Gasteiger partial charge in [0.05, 0.1) is 24.8 Å². The van der Waals surface area contributed by atoms with Gasteiger partial charge in [-0.05, 0) is 38.0 Å². The van der Waals surface area contributed by atoms with Crippen LogP contribution in [0.15, 0.2) is 24.4 Å². The SMILES string of the molecule is C[C@H](O)c1cn(C2CCN(C(=O)Cc3cc(F)ccc3F)CC2)nn1. The van der Waals surface area contributed by atoms with E-state index in [0.717, 1.165) is 18.2 Å². The third-order valence-electron chi connectivity index (χ3n) is 4.50. The molecule has 2 aromatic rings. The van der Waals surface area contributed by atoms with E-state index in [1.165, 1.54) is 0 Å². The van der Waals surface area contributed by atoms with Crippen molar-refractivity contribution in [1.29, 1.82) is 0 Å². The highest BCUT2D eigenvalue weighted by atomic mass is 19.1. The molecule has 1 atom stereocenters. The summed E-state index contributed by atoms with van der Waals surface area (Å²) in [6.45, 7) is 2.66. The highest BCUT2D eigenvalue weighted by Gasteiger charge is 2.25. The molecule has 0 radical (unpaired) electrons. The molecule has 3 rings (SSSR count). The fraction of sp³-hybridized carbons (Fsp3) is 0.471. The molecule has 1 N–H and O–H groups in total. The van der Waals surface area contributed by atoms with Crippen LogP contribution < -0.4 is 0 Å². The number of benzene rings is 1. The molecule has 0 saturated carbocycles. The minimum Gasteiger partial charge on any atom is -0.387 e. The van der Waals surface area contributed by atoms with Crippen molar-refractivity contribution in [2.45, 2.75) is 38.3 Å². The molecule has 1 amide bonds. The Morgan fingerprint density at radius 2 is 2.08 bits per heavy atom. The van der Waals surface area contributed by atoms with Crippen LogP contribution in [-0.4, -0.2) is 44.0 Å². The summed E-state index contributed by atoms with van der Waals surface area (Å²) >= 11 is 0. The first-order valence-electron chi connectivity index (χ1n) is 8.25. The normalized spacial score (nSPS) is 16.9. The second kappa shape index (κ2) is 7.26. The zero-order valence-corrected chi connectivity index (χ0v) is 13.9. The Balaban J connectivity index is 1.58. The summed E-state index contributed by atoms with van der Waals surface area (Å²) in [6.07, 6.45) is 2.29. The monoisotopic (exact) mass is 350 g/mol. The number of aliphatic hydroxyl groups is 1. The Kier molecular flexibility index (Phi) is 5.08. The third kappa shape index (κ3) is 4.01. The van der Waals surface area contributed by atoms with Crippen LogP contribution in [0.3, 0.4) is 0 Å². The van der Waals surface area contributed by atoms with Gasteiger partial charge in [0.25, 0.3) is 0 Å². The lowest BCUT2D eigenvalue weighted by Gasteiger charge is -2.32. The first-order chi connectivity index (χ1) is 11.9. The molecular formula is C17H20F2N4O2. The Morgan fingerprint density at radius 3 is 2.72 bits per heavy atom. The molecule has 0 bridgehead atoms. The highest BCUT2D eigenvalue weighted by Crippen LogP contribution is 2.23. The van der Waals surface area contributed by atoms with E-state index in [9.17, 15) is 18.7 Å². The topological polar surface area (TPSA) is 71.2 Å². The molecule has 1 aromatic carbocycles. The van der Waals surface area contributed by atoms with E-state index in [1.807, 2.05) is 0 Å². The van der Waals surface area contributed by atoms with Crippen molar-refractivity contribution in [2.75, 3.05) is 13.1 Å². The lowest BCUT2D eigenvalue weighted by molar-refractivity contribution is -0.131. The summed E-state index contributed by atoms with van der Waals surface area (Å²) in [5.41, 5.74) is 0.588. The average Bonchev–Trinajstić information content (AvgIpc) is 3.08. The molecule has 1 saturated heterocycles. The Bertz CT molecular complexity index is 755. The van der Waals surface area contributed by atoms with Crippen molar-refractivity contribution in [2.24, 2.45) is 0 Å². The lowest BCUT2D eigenvalue weighted by Crippen LogP contribution is -2.40. The number of likely N-dealkylation sites (tertiary alicyclic amines) is 1. The van der Waals surface area contributed by atoms with Crippen molar-refractivity contribution in [3.63, 3.8) is 0 Å². The minimum absolute atomic E-state index is 0.0741. The van der Waals surface area contributed by atoms with Gasteiger partial charge in [-0.15, -0.1) is 5.10 Å². The molecular weight excluding hydrogens is 330 g/mol. The van der Waals surface area contributed by atoms with E-state index >= 15 is 0 Å². The van der Waals surface area contributed by atoms with Crippen LogP contribution in [0, 0.1) is 11.6 Å². The molecule has 1 aliphatic rings. The van der Waals surface area contributed by atoms with E-state index < -0.39 is 17.7 Å². The van der Waals surface area contributed by atoms with Crippen molar-refractivity contribution in [1.82, 2.24) is 19.9 Å². The largest absolute Gasteiger partial charge is 0.387 e. The molecule has 0 aliphatic carbocycles. The number of nitrogens with zero attached hydrogens (tertiary/aromatic N) is 4. The number of amides is 1. The van der Waals surface area contributed by atoms with Gasteiger partial charge in [-0.1, -0.05) is 5.21 Å². The molecule has 1 fully saturated rings. The second-order valence-corrected chi connectivity index (χ2v) is 6.32. The van der Waals surface area contributed by atoms with Crippen LogP contribution >= 0.6 is 0 Å². The van der Waals surface area contributed by atoms with Crippen molar-refractivity contribution < 1.29 is 18.7 Å². The molecule has 8 heteroatoms.